The molecule has 0 bridgehead atoms. The molecule has 1 rings (SSSR count). The third-order valence-electron chi connectivity index (χ3n) is 5.82. The molecule has 0 aromatic heterocycles. The van der Waals surface area contributed by atoms with E-state index >= 15 is 0 Å². The van der Waals surface area contributed by atoms with E-state index in [4.69, 9.17) is 23.2 Å². The molecule has 2 atom stereocenters. The molecule has 37 heavy (non-hydrogen) atoms. The lowest BCUT2D eigenvalue weighted by Crippen LogP contribution is -2.12. The van der Waals surface area contributed by atoms with Crippen LogP contribution in [0.2, 0.25) is 10.0 Å². The van der Waals surface area contributed by atoms with Gasteiger partial charge >= 0.3 is 0 Å². The summed E-state index contributed by atoms with van der Waals surface area (Å²) < 4.78 is 0. The quantitative estimate of drug-likeness (QED) is 0.253. The Morgan fingerprint density at radius 1 is 0.865 bits per heavy atom. The molecule has 0 fully saturated rings. The second-order valence-electron chi connectivity index (χ2n) is 8.05. The molecular weight excluding hydrogens is 493 g/mol. The van der Waals surface area contributed by atoms with Gasteiger partial charge in [-0.15, -0.1) is 0 Å². The molecule has 1 unspecified atom stereocenters. The lowest BCUT2D eigenvalue weighted by atomic mass is 9.90. The van der Waals surface area contributed by atoms with Crippen molar-refractivity contribution in [3.8, 4) is 0 Å². The Bertz CT molecular complexity index is 774. The standard InChI is InChI=1S/C26H37Cl2N.4C2H6/c1-9-17(3)19(5)11-12-20(6)29-21(7)13-14-23-15-16-24(26(28)25(23)27)22(8)18(4)10-2;4*1-2/h12,15-17,19,29H,4,7-11,13-14H2,1-3,5-6H3;4*1-2H3/b20-12+;;;;/t17-,19?;;;;/m1..../s1. The molecule has 0 amide bonds. The van der Waals surface area contributed by atoms with Gasteiger partial charge in [0, 0.05) is 17.0 Å². The van der Waals surface area contributed by atoms with Crippen LogP contribution in [0.15, 0.2) is 54.9 Å². The smallest absolute Gasteiger partial charge is 0.0673 e. The van der Waals surface area contributed by atoms with E-state index in [2.05, 4.69) is 65.7 Å². The van der Waals surface area contributed by atoms with Gasteiger partial charge in [-0.3, -0.25) is 0 Å². The Kier molecular flexibility index (Phi) is 31.8. The summed E-state index contributed by atoms with van der Waals surface area (Å²) in [5, 5.41) is 4.56. The molecule has 0 spiro atoms. The highest BCUT2D eigenvalue weighted by molar-refractivity contribution is 6.43. The number of aryl methyl sites for hydroxylation is 1. The number of hydrogen-bond acceptors (Lipinski definition) is 1. The van der Waals surface area contributed by atoms with E-state index in [9.17, 15) is 0 Å². The van der Waals surface area contributed by atoms with Crippen molar-refractivity contribution in [1.29, 1.82) is 0 Å². The average Bonchev–Trinajstić information content (AvgIpc) is 2.95. The van der Waals surface area contributed by atoms with E-state index in [0.717, 1.165) is 65.3 Å². The topological polar surface area (TPSA) is 12.0 Å². The van der Waals surface area contributed by atoms with Crippen molar-refractivity contribution in [3.05, 3.63) is 76.1 Å². The summed E-state index contributed by atoms with van der Waals surface area (Å²) in [4.78, 5) is 0. The average molecular weight is 555 g/mol. The van der Waals surface area contributed by atoms with Gasteiger partial charge in [-0.1, -0.05) is 151 Å². The molecule has 1 nitrogen and oxygen atoms in total. The van der Waals surface area contributed by atoms with Gasteiger partial charge in [0.25, 0.3) is 0 Å². The van der Waals surface area contributed by atoms with Gasteiger partial charge < -0.3 is 5.32 Å². The summed E-state index contributed by atoms with van der Waals surface area (Å²) in [5.41, 5.74) is 5.83. The SMILES string of the molecule is C=C(CCc1ccc(C(=C)C(=C)CC)c(Cl)c1Cl)N/C(C)=C/CC(C)[C@H](C)CC.CC.CC.CC.CC. The van der Waals surface area contributed by atoms with E-state index in [1.54, 1.807) is 0 Å². The number of allylic oxidation sites excluding steroid dienone is 5. The molecule has 3 heteroatoms. The van der Waals surface area contributed by atoms with Crippen LogP contribution in [0.3, 0.4) is 0 Å². The van der Waals surface area contributed by atoms with Crippen LogP contribution >= 0.6 is 23.2 Å². The monoisotopic (exact) mass is 553 g/mol. The Morgan fingerprint density at radius 3 is 1.84 bits per heavy atom. The first-order valence-electron chi connectivity index (χ1n) is 14.6. The number of benzene rings is 1. The maximum atomic E-state index is 6.54. The first-order valence-corrected chi connectivity index (χ1v) is 15.3. The highest BCUT2D eigenvalue weighted by Gasteiger charge is 2.14. The highest BCUT2D eigenvalue weighted by Crippen LogP contribution is 2.36. The summed E-state index contributed by atoms with van der Waals surface area (Å²) in [5.74, 6) is 1.42. The number of hydrogen-bond donors (Lipinski definition) is 1. The Balaban J connectivity index is -0.000000617. The molecule has 216 valence electrons. The zero-order chi connectivity index (χ0) is 30.1. The van der Waals surface area contributed by atoms with Crippen molar-refractivity contribution >= 4 is 28.8 Å². The fraction of sp³-hybridized carbons (Fsp3) is 0.588. The molecule has 0 aliphatic heterocycles. The van der Waals surface area contributed by atoms with Crippen LogP contribution in [0.5, 0.6) is 0 Å². The normalized spacial score (nSPS) is 11.4. The lowest BCUT2D eigenvalue weighted by Gasteiger charge is -2.17. The third kappa shape index (κ3) is 17.7. The van der Waals surface area contributed by atoms with Crippen LogP contribution in [0.25, 0.3) is 5.57 Å². The second-order valence-corrected chi connectivity index (χ2v) is 8.81. The Hall–Kier alpha value is -1.44. The third-order valence-corrected chi connectivity index (χ3v) is 6.74. The first-order chi connectivity index (χ1) is 17.6. The fourth-order valence-electron chi connectivity index (χ4n) is 3.09. The van der Waals surface area contributed by atoms with Crippen LogP contribution in [0.1, 0.15) is 127 Å². The van der Waals surface area contributed by atoms with Crippen LogP contribution in [-0.2, 0) is 6.42 Å². The number of halogens is 2. The predicted octanol–water partition coefficient (Wildman–Crippen LogP) is 13.1. The van der Waals surface area contributed by atoms with Crippen molar-refractivity contribution in [2.24, 2.45) is 11.8 Å². The van der Waals surface area contributed by atoms with Crippen molar-refractivity contribution in [3.63, 3.8) is 0 Å². The maximum absolute atomic E-state index is 6.54. The molecule has 1 aromatic carbocycles. The summed E-state index contributed by atoms with van der Waals surface area (Å²) in [7, 11) is 0. The van der Waals surface area contributed by atoms with Gasteiger partial charge in [-0.05, 0) is 61.2 Å². The lowest BCUT2D eigenvalue weighted by molar-refractivity contribution is 0.379. The Morgan fingerprint density at radius 2 is 1.38 bits per heavy atom. The van der Waals surface area contributed by atoms with E-state index in [-0.39, 0.29) is 0 Å². The molecular formula is C34H61Cl2N. The maximum Gasteiger partial charge on any atom is 0.0673 e. The van der Waals surface area contributed by atoms with E-state index in [1.165, 1.54) is 6.42 Å². The Labute approximate surface area is 243 Å². The minimum absolute atomic E-state index is 0.553. The second kappa shape index (κ2) is 27.6. The first kappa shape index (κ1) is 42.6. The van der Waals surface area contributed by atoms with Crippen LogP contribution in [-0.4, -0.2) is 0 Å². The molecule has 1 N–H and O–H groups in total. The van der Waals surface area contributed by atoms with E-state index < -0.39 is 0 Å². The van der Waals surface area contributed by atoms with Crippen LogP contribution in [0.4, 0.5) is 0 Å². The summed E-state index contributed by atoms with van der Waals surface area (Å²) >= 11 is 13.1. The molecule has 0 saturated carbocycles. The minimum Gasteiger partial charge on any atom is -0.363 e. The molecule has 0 radical (unpaired) electrons. The van der Waals surface area contributed by atoms with Gasteiger partial charge in [0.1, 0.15) is 0 Å². The van der Waals surface area contributed by atoms with Gasteiger partial charge in [0.05, 0.1) is 10.0 Å². The highest BCUT2D eigenvalue weighted by atomic mass is 35.5. The van der Waals surface area contributed by atoms with E-state index in [1.807, 2.05) is 67.5 Å². The van der Waals surface area contributed by atoms with Crippen LogP contribution in [0, 0.1) is 11.8 Å². The fourth-order valence-corrected chi connectivity index (χ4v) is 3.65. The largest absolute Gasteiger partial charge is 0.363 e. The molecule has 0 aliphatic rings. The van der Waals surface area contributed by atoms with Gasteiger partial charge in [-0.25, -0.2) is 0 Å². The van der Waals surface area contributed by atoms with Crippen LogP contribution < -0.4 is 5.32 Å². The summed E-state index contributed by atoms with van der Waals surface area (Å²) in [6.07, 6.45) is 6.98. The van der Waals surface area contributed by atoms with Gasteiger partial charge in [-0.2, -0.15) is 0 Å². The van der Waals surface area contributed by atoms with Crippen molar-refractivity contribution in [1.82, 2.24) is 5.32 Å². The number of nitrogens with one attached hydrogen (secondary N) is 1. The summed E-state index contributed by atoms with van der Waals surface area (Å²) in [6, 6.07) is 4.02. The zero-order valence-electron chi connectivity index (χ0n) is 26.8. The zero-order valence-corrected chi connectivity index (χ0v) is 28.3. The van der Waals surface area contributed by atoms with Crippen molar-refractivity contribution in [2.75, 3.05) is 0 Å². The molecule has 0 heterocycles. The molecule has 1 aromatic rings. The minimum atomic E-state index is 0.553. The van der Waals surface area contributed by atoms with Gasteiger partial charge in [0.15, 0.2) is 0 Å². The molecule has 0 aliphatic carbocycles. The van der Waals surface area contributed by atoms with E-state index in [0.29, 0.717) is 16.0 Å². The van der Waals surface area contributed by atoms with Gasteiger partial charge in [0.2, 0.25) is 0 Å². The predicted molar refractivity (Wildman–Crippen MR) is 178 cm³/mol. The summed E-state index contributed by atoms with van der Waals surface area (Å²) in [6.45, 7) is 39.3. The number of rotatable bonds is 12. The van der Waals surface area contributed by atoms with Crippen molar-refractivity contribution in [2.45, 2.75) is 122 Å². The molecule has 0 saturated heterocycles. The van der Waals surface area contributed by atoms with Crippen molar-refractivity contribution < 1.29 is 0 Å².